The van der Waals surface area contributed by atoms with Gasteiger partial charge in [0.2, 0.25) is 5.91 Å². The van der Waals surface area contributed by atoms with Crippen molar-refractivity contribution in [2.75, 3.05) is 13.2 Å². The van der Waals surface area contributed by atoms with Gasteiger partial charge in [0.05, 0.1) is 6.42 Å². The molecule has 6 heteroatoms. The summed E-state index contributed by atoms with van der Waals surface area (Å²) in [6.45, 7) is 0.424. The molecule has 28 heavy (non-hydrogen) atoms. The second kappa shape index (κ2) is 8.87. The third kappa shape index (κ3) is 5.09. The fraction of sp³-hybridized carbons (Fsp3) is 0.364. The molecule has 0 heterocycles. The highest BCUT2D eigenvalue weighted by molar-refractivity contribution is 5.78. The van der Waals surface area contributed by atoms with Crippen LogP contribution in [0.5, 0.6) is 5.75 Å². The van der Waals surface area contributed by atoms with Gasteiger partial charge >= 0.3 is 0 Å². The molecule has 0 unspecified atom stereocenters. The smallest absolute Gasteiger partial charge is 0.257 e. The van der Waals surface area contributed by atoms with Crippen LogP contribution in [0.15, 0.2) is 48.5 Å². The Morgan fingerprint density at radius 2 is 1.68 bits per heavy atom. The highest BCUT2D eigenvalue weighted by Crippen LogP contribution is 2.40. The van der Waals surface area contributed by atoms with Crippen LogP contribution in [0.4, 0.5) is 4.39 Å². The van der Waals surface area contributed by atoms with Crippen LogP contribution in [0.3, 0.4) is 0 Å². The number of benzene rings is 2. The van der Waals surface area contributed by atoms with Crippen molar-refractivity contribution < 1.29 is 18.7 Å². The topological polar surface area (TPSA) is 81.4 Å². The summed E-state index contributed by atoms with van der Waals surface area (Å²) < 4.78 is 18.8. The van der Waals surface area contributed by atoms with Gasteiger partial charge in [0, 0.05) is 12.0 Å². The molecule has 0 radical (unpaired) electrons. The van der Waals surface area contributed by atoms with E-state index in [1.165, 1.54) is 12.1 Å². The van der Waals surface area contributed by atoms with Crippen molar-refractivity contribution in [1.29, 1.82) is 0 Å². The van der Waals surface area contributed by atoms with Crippen LogP contribution in [0.2, 0.25) is 0 Å². The molecule has 1 aliphatic rings. The van der Waals surface area contributed by atoms with Gasteiger partial charge in [0.15, 0.2) is 6.61 Å². The van der Waals surface area contributed by atoms with Crippen LogP contribution in [-0.2, 0) is 21.4 Å². The highest BCUT2D eigenvalue weighted by Gasteiger charge is 2.35. The van der Waals surface area contributed by atoms with Gasteiger partial charge < -0.3 is 15.8 Å². The molecule has 0 spiro atoms. The zero-order valence-electron chi connectivity index (χ0n) is 15.7. The lowest BCUT2D eigenvalue weighted by Gasteiger charge is -2.30. The number of nitrogens with two attached hydrogens (primary N) is 1. The minimum Gasteiger partial charge on any atom is -0.484 e. The molecule has 0 atom stereocenters. The van der Waals surface area contributed by atoms with Gasteiger partial charge in [0.1, 0.15) is 11.6 Å². The minimum absolute atomic E-state index is 0.0886. The number of halogens is 1. The quantitative estimate of drug-likeness (QED) is 0.734. The lowest BCUT2D eigenvalue weighted by Crippen LogP contribution is -2.40. The zero-order valence-corrected chi connectivity index (χ0v) is 15.7. The van der Waals surface area contributed by atoms with Gasteiger partial charge in [-0.05, 0) is 48.2 Å². The van der Waals surface area contributed by atoms with Crippen molar-refractivity contribution >= 4 is 11.8 Å². The molecule has 3 N–H and O–H groups in total. The first-order valence-electron chi connectivity index (χ1n) is 9.50. The second-order valence-electron chi connectivity index (χ2n) is 7.35. The lowest BCUT2D eigenvalue weighted by atomic mass is 9.79. The number of primary amides is 1. The van der Waals surface area contributed by atoms with E-state index in [1.807, 2.05) is 12.1 Å². The Morgan fingerprint density at radius 3 is 2.29 bits per heavy atom. The molecule has 1 fully saturated rings. The van der Waals surface area contributed by atoms with E-state index in [0.29, 0.717) is 12.3 Å². The Bertz CT molecular complexity index is 813. The molecule has 5 nitrogen and oxygen atoms in total. The first-order valence-corrected chi connectivity index (χ1v) is 9.50. The van der Waals surface area contributed by atoms with E-state index in [-0.39, 0.29) is 30.2 Å². The number of nitrogens with one attached hydrogen (secondary N) is 1. The normalized spacial score (nSPS) is 15.2. The fourth-order valence-corrected chi connectivity index (χ4v) is 3.80. The third-order valence-corrected chi connectivity index (χ3v) is 5.31. The average Bonchev–Trinajstić information content (AvgIpc) is 3.16. The standard InChI is InChI=1S/C22H25FN2O3/c23-18-7-5-17(6-8-18)22(11-1-2-12-22)15-25-21(27)14-28-19-9-3-16(4-10-19)13-20(24)26/h3-10H,1-2,11-15H2,(H2,24,26)(H,25,27). The predicted molar refractivity (Wildman–Crippen MR) is 104 cm³/mol. The number of ether oxygens (including phenoxy) is 1. The van der Waals surface area contributed by atoms with Crippen molar-refractivity contribution in [3.63, 3.8) is 0 Å². The molecular formula is C22H25FN2O3. The van der Waals surface area contributed by atoms with E-state index in [4.69, 9.17) is 10.5 Å². The number of hydrogen-bond acceptors (Lipinski definition) is 3. The van der Waals surface area contributed by atoms with Crippen LogP contribution in [0.25, 0.3) is 0 Å². The van der Waals surface area contributed by atoms with E-state index in [2.05, 4.69) is 5.32 Å². The summed E-state index contributed by atoms with van der Waals surface area (Å²) in [5, 5.41) is 2.97. The average molecular weight is 384 g/mol. The number of carbonyl (C=O) groups excluding carboxylic acids is 2. The first-order chi connectivity index (χ1) is 13.5. The SMILES string of the molecule is NC(=O)Cc1ccc(OCC(=O)NCC2(c3ccc(F)cc3)CCCC2)cc1. The van der Waals surface area contributed by atoms with E-state index in [9.17, 15) is 14.0 Å². The van der Waals surface area contributed by atoms with Gasteiger partial charge in [0.25, 0.3) is 5.91 Å². The number of hydrogen-bond donors (Lipinski definition) is 2. The molecule has 1 saturated carbocycles. The lowest BCUT2D eigenvalue weighted by molar-refractivity contribution is -0.123. The maximum absolute atomic E-state index is 13.3. The molecule has 3 rings (SSSR count). The summed E-state index contributed by atoms with van der Waals surface area (Å²) in [5.74, 6) is -0.293. The molecule has 0 bridgehead atoms. The van der Waals surface area contributed by atoms with E-state index < -0.39 is 5.91 Å². The molecule has 148 valence electrons. The van der Waals surface area contributed by atoms with Gasteiger partial charge in [-0.25, -0.2) is 4.39 Å². The van der Waals surface area contributed by atoms with Gasteiger partial charge in [-0.1, -0.05) is 37.1 Å². The van der Waals surface area contributed by atoms with Gasteiger partial charge in [-0.2, -0.15) is 0 Å². The molecule has 0 aliphatic heterocycles. The Balaban J connectivity index is 1.52. The molecule has 2 amide bonds. The van der Waals surface area contributed by atoms with Crippen LogP contribution in [0.1, 0.15) is 36.8 Å². The van der Waals surface area contributed by atoms with Crippen LogP contribution in [0, 0.1) is 5.82 Å². The minimum atomic E-state index is -0.393. The summed E-state index contributed by atoms with van der Waals surface area (Å²) in [4.78, 5) is 23.2. The number of carbonyl (C=O) groups is 2. The van der Waals surface area contributed by atoms with Crippen molar-refractivity contribution in [2.45, 2.75) is 37.5 Å². The number of amides is 2. The zero-order chi connectivity index (χ0) is 20.0. The van der Waals surface area contributed by atoms with E-state index >= 15 is 0 Å². The van der Waals surface area contributed by atoms with Crippen molar-refractivity contribution in [2.24, 2.45) is 5.73 Å². The Kier molecular flexibility index (Phi) is 6.29. The van der Waals surface area contributed by atoms with Crippen molar-refractivity contribution in [3.8, 4) is 5.75 Å². The fourth-order valence-electron chi connectivity index (χ4n) is 3.80. The van der Waals surface area contributed by atoms with Crippen molar-refractivity contribution in [3.05, 3.63) is 65.5 Å². The van der Waals surface area contributed by atoms with Gasteiger partial charge in [-0.3, -0.25) is 9.59 Å². The van der Waals surface area contributed by atoms with Crippen LogP contribution in [-0.4, -0.2) is 25.0 Å². The number of rotatable bonds is 8. The monoisotopic (exact) mass is 384 g/mol. The van der Waals surface area contributed by atoms with Crippen LogP contribution >= 0.6 is 0 Å². The summed E-state index contributed by atoms with van der Waals surface area (Å²) in [6.07, 6.45) is 4.32. The third-order valence-electron chi connectivity index (χ3n) is 5.31. The molecule has 0 aromatic heterocycles. The summed E-state index contributed by atoms with van der Waals surface area (Å²) in [5.41, 5.74) is 6.89. The Labute approximate surface area is 164 Å². The molecular weight excluding hydrogens is 359 g/mol. The maximum atomic E-state index is 13.3. The molecule has 1 aliphatic carbocycles. The Morgan fingerprint density at radius 1 is 1.04 bits per heavy atom. The highest BCUT2D eigenvalue weighted by atomic mass is 19.1. The maximum Gasteiger partial charge on any atom is 0.257 e. The molecule has 2 aromatic rings. The Hall–Kier alpha value is -2.89. The predicted octanol–water partition coefficient (Wildman–Crippen LogP) is 2.86. The first kappa shape index (κ1) is 19.9. The van der Waals surface area contributed by atoms with E-state index in [0.717, 1.165) is 36.8 Å². The molecule has 2 aromatic carbocycles. The summed E-state index contributed by atoms with van der Waals surface area (Å²) >= 11 is 0. The summed E-state index contributed by atoms with van der Waals surface area (Å²) in [7, 11) is 0. The summed E-state index contributed by atoms with van der Waals surface area (Å²) in [6, 6.07) is 13.5. The second-order valence-corrected chi connectivity index (χ2v) is 7.35. The van der Waals surface area contributed by atoms with Crippen LogP contribution < -0.4 is 15.8 Å². The van der Waals surface area contributed by atoms with Gasteiger partial charge in [-0.15, -0.1) is 0 Å². The van der Waals surface area contributed by atoms with E-state index in [1.54, 1.807) is 24.3 Å². The van der Waals surface area contributed by atoms with Crippen molar-refractivity contribution in [1.82, 2.24) is 5.32 Å². The largest absolute Gasteiger partial charge is 0.484 e. The molecule has 0 saturated heterocycles.